The van der Waals surface area contributed by atoms with Crippen molar-refractivity contribution in [3.8, 4) is 0 Å². The summed E-state index contributed by atoms with van der Waals surface area (Å²) in [5.41, 5.74) is 0.632. The van der Waals surface area contributed by atoms with Gasteiger partial charge in [-0.15, -0.1) is 0 Å². The topological polar surface area (TPSA) is 76.5 Å². The predicted octanol–water partition coefficient (Wildman–Crippen LogP) is 1.11. The quantitative estimate of drug-likeness (QED) is 0.798. The fourth-order valence-corrected chi connectivity index (χ4v) is 3.67. The maximum absolute atomic E-state index is 12.0. The van der Waals surface area contributed by atoms with Gasteiger partial charge in [-0.1, -0.05) is 24.0 Å². The van der Waals surface area contributed by atoms with Gasteiger partial charge < -0.3 is 10.1 Å². The molecule has 2 saturated heterocycles. The van der Waals surface area contributed by atoms with E-state index in [9.17, 15) is 9.59 Å². The van der Waals surface area contributed by atoms with Crippen LogP contribution in [0, 0.1) is 5.92 Å². The lowest BCUT2D eigenvalue weighted by molar-refractivity contribution is -0.127. The molecule has 0 saturated carbocycles. The van der Waals surface area contributed by atoms with Crippen molar-refractivity contribution >= 4 is 45.8 Å². The van der Waals surface area contributed by atoms with Gasteiger partial charge >= 0.3 is 0 Å². The van der Waals surface area contributed by atoms with Crippen LogP contribution >= 0.6 is 24.0 Å². The van der Waals surface area contributed by atoms with E-state index in [0.29, 0.717) is 21.7 Å². The monoisotopic (exact) mass is 354 g/mol. The summed E-state index contributed by atoms with van der Waals surface area (Å²) in [6.07, 6.45) is 5.50. The van der Waals surface area contributed by atoms with Crippen LogP contribution in [0.15, 0.2) is 12.4 Å². The SMILES string of the molecule is O=C(CN1C(=O)CSC1=S)Nc1cnn(CC2CCOCC2)c1. The highest BCUT2D eigenvalue weighted by Crippen LogP contribution is 2.19. The molecule has 0 spiro atoms. The van der Waals surface area contributed by atoms with Gasteiger partial charge in [0.2, 0.25) is 11.8 Å². The van der Waals surface area contributed by atoms with E-state index < -0.39 is 0 Å². The standard InChI is InChI=1S/C14H18N4O3S2/c19-12(8-18-13(20)9-23-14(18)22)16-11-5-15-17(7-11)6-10-1-3-21-4-2-10/h5,7,10H,1-4,6,8-9H2,(H,16,19). The van der Waals surface area contributed by atoms with Crippen LogP contribution in [0.5, 0.6) is 0 Å². The predicted molar refractivity (Wildman–Crippen MR) is 91.2 cm³/mol. The van der Waals surface area contributed by atoms with Gasteiger partial charge in [0.05, 0.1) is 17.6 Å². The lowest BCUT2D eigenvalue weighted by Gasteiger charge is -2.21. The molecule has 1 aromatic rings. The van der Waals surface area contributed by atoms with Crippen LogP contribution in [-0.2, 0) is 20.9 Å². The van der Waals surface area contributed by atoms with Crippen LogP contribution in [0.2, 0.25) is 0 Å². The second-order valence-electron chi connectivity index (χ2n) is 5.59. The van der Waals surface area contributed by atoms with Crippen LogP contribution in [0.3, 0.4) is 0 Å². The maximum atomic E-state index is 12.0. The number of amides is 2. The average molecular weight is 354 g/mol. The molecule has 2 fully saturated rings. The molecule has 3 heterocycles. The van der Waals surface area contributed by atoms with Gasteiger partial charge in [-0.2, -0.15) is 5.10 Å². The number of carbonyl (C=O) groups is 2. The Kier molecular flexibility index (Phi) is 5.29. The molecular formula is C14H18N4O3S2. The molecule has 0 aromatic carbocycles. The van der Waals surface area contributed by atoms with E-state index in [4.69, 9.17) is 17.0 Å². The number of thioether (sulfide) groups is 1. The summed E-state index contributed by atoms with van der Waals surface area (Å²) in [5, 5.41) is 7.03. The van der Waals surface area contributed by atoms with Gasteiger partial charge in [-0.05, 0) is 18.8 Å². The molecule has 0 bridgehead atoms. The van der Waals surface area contributed by atoms with Gasteiger partial charge in [0, 0.05) is 26.0 Å². The molecule has 23 heavy (non-hydrogen) atoms. The second kappa shape index (κ2) is 7.41. The maximum Gasteiger partial charge on any atom is 0.244 e. The van der Waals surface area contributed by atoms with Crippen LogP contribution in [0.25, 0.3) is 0 Å². The molecule has 124 valence electrons. The highest BCUT2D eigenvalue weighted by Gasteiger charge is 2.28. The third kappa shape index (κ3) is 4.30. The van der Waals surface area contributed by atoms with Crippen LogP contribution in [0.4, 0.5) is 5.69 Å². The lowest BCUT2D eigenvalue weighted by atomic mass is 10.0. The molecule has 2 amide bonds. The highest BCUT2D eigenvalue weighted by molar-refractivity contribution is 8.23. The number of ether oxygens (including phenoxy) is 1. The van der Waals surface area contributed by atoms with Crippen molar-refractivity contribution < 1.29 is 14.3 Å². The fourth-order valence-electron chi connectivity index (χ4n) is 2.60. The fraction of sp³-hybridized carbons (Fsp3) is 0.571. The summed E-state index contributed by atoms with van der Waals surface area (Å²) in [6.45, 7) is 2.38. The van der Waals surface area contributed by atoms with Crippen LogP contribution in [-0.4, -0.2) is 56.3 Å². The van der Waals surface area contributed by atoms with E-state index in [1.807, 2.05) is 10.9 Å². The van der Waals surface area contributed by atoms with Gasteiger partial charge in [0.1, 0.15) is 10.9 Å². The first-order valence-electron chi connectivity index (χ1n) is 7.49. The summed E-state index contributed by atoms with van der Waals surface area (Å²) in [6, 6.07) is 0. The van der Waals surface area contributed by atoms with Gasteiger partial charge in [-0.3, -0.25) is 19.2 Å². The Balaban J connectivity index is 1.51. The van der Waals surface area contributed by atoms with Gasteiger partial charge in [0.25, 0.3) is 0 Å². The molecule has 1 aromatic heterocycles. The van der Waals surface area contributed by atoms with E-state index in [1.54, 1.807) is 6.20 Å². The van der Waals surface area contributed by atoms with E-state index in [1.165, 1.54) is 16.7 Å². The highest BCUT2D eigenvalue weighted by atomic mass is 32.2. The van der Waals surface area contributed by atoms with Crippen molar-refractivity contribution in [1.29, 1.82) is 0 Å². The number of nitrogens with zero attached hydrogens (tertiary/aromatic N) is 3. The summed E-state index contributed by atoms with van der Waals surface area (Å²) in [7, 11) is 0. The molecule has 1 N–H and O–H groups in total. The number of hydrogen-bond donors (Lipinski definition) is 1. The Morgan fingerprint density at radius 1 is 1.48 bits per heavy atom. The Morgan fingerprint density at radius 2 is 2.26 bits per heavy atom. The number of nitrogens with one attached hydrogen (secondary N) is 1. The van der Waals surface area contributed by atoms with Crippen LogP contribution < -0.4 is 5.32 Å². The number of aromatic nitrogens is 2. The normalized spacial score (nSPS) is 19.4. The third-order valence-corrected chi connectivity index (χ3v) is 5.28. The summed E-state index contributed by atoms with van der Waals surface area (Å²) < 4.78 is 7.64. The summed E-state index contributed by atoms with van der Waals surface area (Å²) >= 11 is 6.34. The summed E-state index contributed by atoms with van der Waals surface area (Å²) in [4.78, 5) is 25.0. The Hall–Kier alpha value is -1.45. The molecule has 0 radical (unpaired) electrons. The van der Waals surface area contributed by atoms with E-state index in [2.05, 4.69) is 10.4 Å². The Bertz CT molecular complexity index is 597. The van der Waals surface area contributed by atoms with Crippen molar-refractivity contribution in [3.05, 3.63) is 12.4 Å². The number of rotatable bonds is 5. The zero-order valence-electron chi connectivity index (χ0n) is 12.6. The number of carbonyl (C=O) groups excluding carboxylic acids is 2. The number of anilines is 1. The van der Waals surface area contributed by atoms with E-state index in [-0.39, 0.29) is 18.4 Å². The van der Waals surface area contributed by atoms with E-state index in [0.717, 1.165) is 32.6 Å². The molecule has 3 rings (SSSR count). The summed E-state index contributed by atoms with van der Waals surface area (Å²) in [5.74, 6) is 0.484. The minimum atomic E-state index is -0.270. The Morgan fingerprint density at radius 3 is 2.96 bits per heavy atom. The zero-order valence-corrected chi connectivity index (χ0v) is 14.2. The van der Waals surface area contributed by atoms with Crippen LogP contribution in [0.1, 0.15) is 12.8 Å². The van der Waals surface area contributed by atoms with Gasteiger partial charge in [-0.25, -0.2) is 0 Å². The smallest absolute Gasteiger partial charge is 0.244 e. The van der Waals surface area contributed by atoms with Crippen molar-refractivity contribution in [2.24, 2.45) is 5.92 Å². The zero-order chi connectivity index (χ0) is 16.2. The molecule has 2 aliphatic heterocycles. The molecule has 9 heteroatoms. The first kappa shape index (κ1) is 16.4. The first-order valence-corrected chi connectivity index (χ1v) is 8.88. The molecular weight excluding hydrogens is 336 g/mol. The molecule has 0 unspecified atom stereocenters. The van der Waals surface area contributed by atoms with E-state index >= 15 is 0 Å². The Labute approximate surface area is 143 Å². The second-order valence-corrected chi connectivity index (χ2v) is 7.20. The third-order valence-electron chi connectivity index (χ3n) is 3.85. The minimum Gasteiger partial charge on any atom is -0.381 e. The van der Waals surface area contributed by atoms with Crippen molar-refractivity contribution in [1.82, 2.24) is 14.7 Å². The average Bonchev–Trinajstić information content (AvgIpc) is 3.09. The molecule has 0 atom stereocenters. The van der Waals surface area contributed by atoms with Crippen molar-refractivity contribution in [3.63, 3.8) is 0 Å². The van der Waals surface area contributed by atoms with Crippen molar-refractivity contribution in [2.75, 3.05) is 30.8 Å². The largest absolute Gasteiger partial charge is 0.381 e. The minimum absolute atomic E-state index is 0.0458. The molecule has 7 nitrogen and oxygen atoms in total. The number of thiocarbonyl (C=S) groups is 1. The number of hydrogen-bond acceptors (Lipinski definition) is 6. The first-order chi connectivity index (χ1) is 11.1. The lowest BCUT2D eigenvalue weighted by Crippen LogP contribution is -2.36. The van der Waals surface area contributed by atoms with Crippen molar-refractivity contribution in [2.45, 2.75) is 19.4 Å². The molecule has 2 aliphatic rings. The van der Waals surface area contributed by atoms with Gasteiger partial charge in [0.15, 0.2) is 0 Å². The molecule has 0 aliphatic carbocycles.